The van der Waals surface area contributed by atoms with Crippen LogP contribution in [-0.2, 0) is 13.6 Å². The fourth-order valence-electron chi connectivity index (χ4n) is 4.64. The molecule has 0 aliphatic carbocycles. The third-order valence-corrected chi connectivity index (χ3v) is 7.12. The summed E-state index contributed by atoms with van der Waals surface area (Å²) in [6.07, 6.45) is 5.12. The maximum absolute atomic E-state index is 12.5. The average molecular weight is 405 g/mol. The second-order valence-corrected chi connectivity index (χ2v) is 8.78. The number of fused-ring (bicyclic) bond motifs is 2. The van der Waals surface area contributed by atoms with Crippen LogP contribution in [0.4, 0.5) is 0 Å². The van der Waals surface area contributed by atoms with Gasteiger partial charge in [0, 0.05) is 61.8 Å². The standard InChI is InChI=1S/C23H24N4OS/c1-24-22(28)21-20(18-7-5-10-25-23(18)29-21)15-9-11-27(13-15)14-16-12-26(2)19-8-4-3-6-17(16)19/h3-8,10,12,15H,9,11,13-14H2,1-2H3,(H,24,28)/t15-/m1/s1. The largest absolute Gasteiger partial charge is 0.354 e. The van der Waals surface area contributed by atoms with E-state index in [0.717, 1.165) is 41.1 Å². The van der Waals surface area contributed by atoms with Gasteiger partial charge in [-0.3, -0.25) is 9.69 Å². The number of amides is 1. The first kappa shape index (κ1) is 18.3. The van der Waals surface area contributed by atoms with Crippen molar-refractivity contribution < 1.29 is 4.79 Å². The molecule has 1 aromatic carbocycles. The second kappa shape index (κ2) is 7.28. The lowest BCUT2D eigenvalue weighted by molar-refractivity contribution is 0.0966. The Kier molecular flexibility index (Phi) is 4.60. The summed E-state index contributed by atoms with van der Waals surface area (Å²) in [6.45, 7) is 2.94. The second-order valence-electron chi connectivity index (χ2n) is 7.78. The van der Waals surface area contributed by atoms with Crippen molar-refractivity contribution in [3.05, 3.63) is 64.8 Å². The summed E-state index contributed by atoms with van der Waals surface area (Å²) in [5, 5.41) is 5.27. The van der Waals surface area contributed by atoms with E-state index in [0.29, 0.717) is 5.92 Å². The zero-order valence-corrected chi connectivity index (χ0v) is 17.5. The molecule has 6 heteroatoms. The van der Waals surface area contributed by atoms with Crippen molar-refractivity contribution in [1.29, 1.82) is 0 Å². The van der Waals surface area contributed by atoms with E-state index in [-0.39, 0.29) is 5.91 Å². The van der Waals surface area contributed by atoms with Gasteiger partial charge in [0.2, 0.25) is 0 Å². The van der Waals surface area contributed by atoms with Gasteiger partial charge in [0.05, 0.1) is 4.88 Å². The molecule has 0 unspecified atom stereocenters. The van der Waals surface area contributed by atoms with Crippen molar-refractivity contribution in [2.24, 2.45) is 7.05 Å². The zero-order valence-electron chi connectivity index (χ0n) is 16.7. The minimum Gasteiger partial charge on any atom is -0.354 e. The van der Waals surface area contributed by atoms with Crippen LogP contribution in [0.5, 0.6) is 0 Å². The van der Waals surface area contributed by atoms with Gasteiger partial charge >= 0.3 is 0 Å². The predicted octanol–water partition coefficient (Wildman–Crippen LogP) is 4.14. The molecule has 3 aromatic heterocycles. The molecule has 1 fully saturated rings. The van der Waals surface area contributed by atoms with Crippen LogP contribution in [0.3, 0.4) is 0 Å². The first-order chi connectivity index (χ1) is 14.2. The third kappa shape index (κ3) is 3.12. The number of nitrogens with zero attached hydrogens (tertiary/aromatic N) is 3. The van der Waals surface area contributed by atoms with E-state index in [1.165, 1.54) is 33.4 Å². The first-order valence-corrected chi connectivity index (χ1v) is 10.8. The summed E-state index contributed by atoms with van der Waals surface area (Å²) in [5.74, 6) is 0.353. The molecular formula is C23H24N4OS. The van der Waals surface area contributed by atoms with E-state index in [9.17, 15) is 4.79 Å². The lowest BCUT2D eigenvalue weighted by atomic mass is 9.95. The normalized spacial score (nSPS) is 17.4. The van der Waals surface area contributed by atoms with Crippen molar-refractivity contribution in [2.45, 2.75) is 18.9 Å². The van der Waals surface area contributed by atoms with Gasteiger partial charge in [-0.05, 0) is 36.2 Å². The van der Waals surface area contributed by atoms with E-state index in [1.54, 1.807) is 13.2 Å². The molecule has 0 bridgehead atoms. The van der Waals surface area contributed by atoms with Gasteiger partial charge in [0.15, 0.2) is 0 Å². The number of thiophene rings is 1. The highest BCUT2D eigenvalue weighted by Crippen LogP contribution is 2.39. The quantitative estimate of drug-likeness (QED) is 0.556. The SMILES string of the molecule is CNC(=O)c1sc2ncccc2c1[C@@H]1CCN(Cc2cn(C)c3ccccc23)C1. The molecule has 1 saturated heterocycles. The molecule has 5 nitrogen and oxygen atoms in total. The highest BCUT2D eigenvalue weighted by molar-refractivity contribution is 7.20. The maximum Gasteiger partial charge on any atom is 0.261 e. The summed E-state index contributed by atoms with van der Waals surface area (Å²) < 4.78 is 2.21. The van der Waals surface area contributed by atoms with Gasteiger partial charge in [0.25, 0.3) is 5.91 Å². The van der Waals surface area contributed by atoms with E-state index in [1.807, 2.05) is 6.07 Å². The Labute approximate surface area is 174 Å². The molecule has 0 saturated carbocycles. The van der Waals surface area contributed by atoms with Gasteiger partial charge in [-0.25, -0.2) is 4.98 Å². The summed E-state index contributed by atoms with van der Waals surface area (Å²) in [4.78, 5) is 21.3. The van der Waals surface area contributed by atoms with E-state index < -0.39 is 0 Å². The first-order valence-electron chi connectivity index (χ1n) is 10.0. The Morgan fingerprint density at radius 2 is 2.07 bits per heavy atom. The van der Waals surface area contributed by atoms with Crippen molar-refractivity contribution in [1.82, 2.24) is 19.8 Å². The molecule has 1 amide bonds. The van der Waals surface area contributed by atoms with Crippen molar-refractivity contribution in [2.75, 3.05) is 20.1 Å². The number of rotatable bonds is 4. The Bertz CT molecular complexity index is 1210. The fourth-order valence-corrected chi connectivity index (χ4v) is 5.82. The molecule has 5 rings (SSSR count). The summed E-state index contributed by atoms with van der Waals surface area (Å²) in [5.41, 5.74) is 3.82. The van der Waals surface area contributed by atoms with Gasteiger partial charge in [-0.15, -0.1) is 11.3 Å². The van der Waals surface area contributed by atoms with E-state index in [4.69, 9.17) is 0 Å². The molecule has 1 aliphatic rings. The molecule has 1 N–H and O–H groups in total. The van der Waals surface area contributed by atoms with Crippen LogP contribution in [0.15, 0.2) is 48.8 Å². The highest BCUT2D eigenvalue weighted by Gasteiger charge is 2.31. The number of pyridine rings is 1. The number of hydrogen-bond acceptors (Lipinski definition) is 4. The molecular weight excluding hydrogens is 380 g/mol. The number of aromatic nitrogens is 2. The molecule has 4 heterocycles. The molecule has 0 spiro atoms. The predicted molar refractivity (Wildman–Crippen MR) is 119 cm³/mol. The lowest BCUT2D eigenvalue weighted by Gasteiger charge is -2.16. The maximum atomic E-state index is 12.5. The van der Waals surface area contributed by atoms with E-state index >= 15 is 0 Å². The number of carbonyl (C=O) groups excluding carboxylic acids is 1. The van der Waals surface area contributed by atoms with Crippen molar-refractivity contribution in [3.63, 3.8) is 0 Å². The number of likely N-dealkylation sites (tertiary alicyclic amines) is 1. The minimum absolute atomic E-state index is 0.00416. The van der Waals surface area contributed by atoms with Crippen molar-refractivity contribution in [3.8, 4) is 0 Å². The van der Waals surface area contributed by atoms with Crippen LogP contribution in [0, 0.1) is 0 Å². The summed E-state index contributed by atoms with van der Waals surface area (Å²) >= 11 is 1.51. The number of hydrogen-bond donors (Lipinski definition) is 1. The Morgan fingerprint density at radius 1 is 1.24 bits per heavy atom. The van der Waals surface area contributed by atoms with Gasteiger partial charge in [-0.1, -0.05) is 24.3 Å². The number of carbonyl (C=O) groups is 1. The highest BCUT2D eigenvalue weighted by atomic mass is 32.1. The summed E-state index contributed by atoms with van der Waals surface area (Å²) in [6, 6.07) is 12.7. The molecule has 1 aliphatic heterocycles. The van der Waals surface area contributed by atoms with Crippen LogP contribution < -0.4 is 5.32 Å². The number of benzene rings is 1. The monoisotopic (exact) mass is 404 g/mol. The molecule has 29 heavy (non-hydrogen) atoms. The Morgan fingerprint density at radius 3 is 2.93 bits per heavy atom. The number of aryl methyl sites for hydroxylation is 1. The molecule has 1 atom stereocenters. The average Bonchev–Trinajstić information content (AvgIpc) is 3.44. The summed E-state index contributed by atoms with van der Waals surface area (Å²) in [7, 11) is 3.81. The van der Waals surface area contributed by atoms with Gasteiger partial charge in [-0.2, -0.15) is 0 Å². The van der Waals surface area contributed by atoms with Gasteiger partial charge < -0.3 is 9.88 Å². The van der Waals surface area contributed by atoms with Crippen LogP contribution in [0.25, 0.3) is 21.1 Å². The smallest absolute Gasteiger partial charge is 0.261 e. The van der Waals surface area contributed by atoms with Crippen LogP contribution in [0.2, 0.25) is 0 Å². The van der Waals surface area contributed by atoms with Crippen LogP contribution >= 0.6 is 11.3 Å². The van der Waals surface area contributed by atoms with Crippen LogP contribution in [-0.4, -0.2) is 40.5 Å². The molecule has 148 valence electrons. The van der Waals surface area contributed by atoms with Gasteiger partial charge in [0.1, 0.15) is 4.83 Å². The van der Waals surface area contributed by atoms with Crippen molar-refractivity contribution >= 4 is 38.4 Å². The molecule has 4 aromatic rings. The topological polar surface area (TPSA) is 50.2 Å². The minimum atomic E-state index is -0.00416. The Balaban J connectivity index is 1.44. The number of nitrogens with one attached hydrogen (secondary N) is 1. The third-order valence-electron chi connectivity index (χ3n) is 5.99. The lowest BCUT2D eigenvalue weighted by Crippen LogP contribution is -2.21. The van der Waals surface area contributed by atoms with Crippen LogP contribution in [0.1, 0.15) is 33.1 Å². The fraction of sp³-hybridized carbons (Fsp3) is 0.304. The number of para-hydroxylation sites is 1. The zero-order chi connectivity index (χ0) is 20.0. The Hall–Kier alpha value is -2.70. The molecule has 0 radical (unpaired) electrons. The van der Waals surface area contributed by atoms with E-state index in [2.05, 4.69) is 63.3 Å².